The van der Waals surface area contributed by atoms with E-state index in [4.69, 9.17) is 5.73 Å². The van der Waals surface area contributed by atoms with E-state index in [0.29, 0.717) is 5.41 Å². The number of nitro groups is 1. The van der Waals surface area contributed by atoms with Crippen LogP contribution in [0.15, 0.2) is 18.2 Å². The first-order valence-electron chi connectivity index (χ1n) is 7.24. The maximum absolute atomic E-state index is 11.0. The summed E-state index contributed by atoms with van der Waals surface area (Å²) in [7, 11) is 0. The molecule has 110 valence electrons. The largest absolute Gasteiger partial charge is 0.325 e. The van der Waals surface area contributed by atoms with Crippen molar-refractivity contribution in [2.24, 2.45) is 11.1 Å². The summed E-state index contributed by atoms with van der Waals surface area (Å²) < 4.78 is 0. The molecule has 0 bridgehead atoms. The average Bonchev–Trinajstić information content (AvgIpc) is 2.36. The first kappa shape index (κ1) is 15.0. The number of nitrogens with zero attached hydrogens (tertiary/aromatic N) is 1. The third-order valence-electron chi connectivity index (χ3n) is 4.76. The summed E-state index contributed by atoms with van der Waals surface area (Å²) in [5.74, 6) is 0. The van der Waals surface area contributed by atoms with Crippen LogP contribution in [0.3, 0.4) is 0 Å². The van der Waals surface area contributed by atoms with Gasteiger partial charge >= 0.3 is 0 Å². The van der Waals surface area contributed by atoms with Gasteiger partial charge < -0.3 is 5.73 Å². The normalized spacial score (nSPS) is 20.6. The molecule has 1 aliphatic carbocycles. The SMILES string of the molecule is Cc1c(CC2(N)CCC(C)(C)CC2)cccc1[N+](=O)[O-]. The van der Waals surface area contributed by atoms with E-state index in [2.05, 4.69) is 13.8 Å². The maximum atomic E-state index is 11.0. The molecule has 0 spiro atoms. The van der Waals surface area contributed by atoms with E-state index >= 15 is 0 Å². The second-order valence-electron chi connectivity index (χ2n) is 7.02. The van der Waals surface area contributed by atoms with Crippen molar-refractivity contribution >= 4 is 5.69 Å². The van der Waals surface area contributed by atoms with Crippen LogP contribution in [-0.2, 0) is 6.42 Å². The summed E-state index contributed by atoms with van der Waals surface area (Å²) >= 11 is 0. The molecule has 1 aromatic carbocycles. The fourth-order valence-electron chi connectivity index (χ4n) is 3.04. The first-order chi connectivity index (χ1) is 9.22. The molecular weight excluding hydrogens is 252 g/mol. The highest BCUT2D eigenvalue weighted by atomic mass is 16.6. The molecule has 2 rings (SSSR count). The summed E-state index contributed by atoms with van der Waals surface area (Å²) in [6, 6.07) is 5.29. The quantitative estimate of drug-likeness (QED) is 0.675. The average molecular weight is 276 g/mol. The molecule has 0 radical (unpaired) electrons. The summed E-state index contributed by atoms with van der Waals surface area (Å²) in [6.07, 6.45) is 4.95. The van der Waals surface area contributed by atoms with Gasteiger partial charge in [0.05, 0.1) is 4.92 Å². The van der Waals surface area contributed by atoms with E-state index in [1.165, 1.54) is 0 Å². The van der Waals surface area contributed by atoms with Gasteiger partial charge in [0, 0.05) is 17.2 Å². The highest BCUT2D eigenvalue weighted by molar-refractivity contribution is 5.45. The molecule has 0 unspecified atom stereocenters. The van der Waals surface area contributed by atoms with Crippen LogP contribution < -0.4 is 5.73 Å². The molecular formula is C16H24N2O2. The highest BCUT2D eigenvalue weighted by Crippen LogP contribution is 2.40. The van der Waals surface area contributed by atoms with Crippen LogP contribution in [0.5, 0.6) is 0 Å². The molecule has 20 heavy (non-hydrogen) atoms. The molecule has 0 saturated heterocycles. The molecule has 0 atom stereocenters. The molecule has 2 N–H and O–H groups in total. The fraction of sp³-hybridized carbons (Fsp3) is 0.625. The van der Waals surface area contributed by atoms with E-state index in [1.54, 1.807) is 12.1 Å². The van der Waals surface area contributed by atoms with Crippen LogP contribution in [0.2, 0.25) is 0 Å². The van der Waals surface area contributed by atoms with Gasteiger partial charge in [-0.2, -0.15) is 0 Å². The van der Waals surface area contributed by atoms with Crippen molar-refractivity contribution < 1.29 is 4.92 Å². The van der Waals surface area contributed by atoms with Crippen LogP contribution in [0, 0.1) is 22.5 Å². The topological polar surface area (TPSA) is 69.2 Å². The second-order valence-corrected chi connectivity index (χ2v) is 7.02. The van der Waals surface area contributed by atoms with E-state index in [-0.39, 0.29) is 16.1 Å². The number of hydrogen-bond donors (Lipinski definition) is 1. The van der Waals surface area contributed by atoms with Crippen LogP contribution in [-0.4, -0.2) is 10.5 Å². The predicted octanol–water partition coefficient (Wildman–Crippen LogP) is 3.74. The van der Waals surface area contributed by atoms with Crippen molar-refractivity contribution in [3.63, 3.8) is 0 Å². The molecule has 1 aliphatic rings. The summed E-state index contributed by atoms with van der Waals surface area (Å²) in [6.45, 7) is 6.39. The van der Waals surface area contributed by atoms with E-state index in [0.717, 1.165) is 43.2 Å². The Morgan fingerprint density at radius 2 is 1.85 bits per heavy atom. The van der Waals surface area contributed by atoms with Gasteiger partial charge in [-0.15, -0.1) is 0 Å². The minimum atomic E-state index is -0.313. The Bertz CT molecular complexity index is 513. The van der Waals surface area contributed by atoms with Gasteiger partial charge in [-0.3, -0.25) is 10.1 Å². The maximum Gasteiger partial charge on any atom is 0.272 e. The van der Waals surface area contributed by atoms with Gasteiger partial charge in [0.2, 0.25) is 0 Å². The van der Waals surface area contributed by atoms with Crippen molar-refractivity contribution in [2.45, 2.75) is 58.4 Å². The minimum Gasteiger partial charge on any atom is -0.325 e. The van der Waals surface area contributed by atoms with E-state index < -0.39 is 0 Å². The first-order valence-corrected chi connectivity index (χ1v) is 7.24. The second kappa shape index (κ2) is 5.17. The third kappa shape index (κ3) is 3.18. The molecule has 0 aromatic heterocycles. The van der Waals surface area contributed by atoms with Gasteiger partial charge in [0.1, 0.15) is 0 Å². The number of rotatable bonds is 3. The highest BCUT2D eigenvalue weighted by Gasteiger charge is 2.35. The van der Waals surface area contributed by atoms with Gasteiger partial charge in [-0.25, -0.2) is 0 Å². The van der Waals surface area contributed by atoms with Crippen molar-refractivity contribution in [1.82, 2.24) is 0 Å². The standard InChI is InChI=1S/C16H24N2O2/c1-12-13(5-4-6-14(12)18(19)20)11-16(17)9-7-15(2,3)8-10-16/h4-6H,7-11,17H2,1-3H3. The summed E-state index contributed by atoms with van der Waals surface area (Å²) in [5, 5.41) is 11.0. The van der Waals surface area contributed by atoms with Crippen molar-refractivity contribution in [3.05, 3.63) is 39.4 Å². The monoisotopic (exact) mass is 276 g/mol. The third-order valence-corrected chi connectivity index (χ3v) is 4.76. The Hall–Kier alpha value is -1.42. The zero-order chi connectivity index (χ0) is 15.0. The lowest BCUT2D eigenvalue weighted by atomic mass is 9.68. The number of nitro benzene ring substituents is 1. The van der Waals surface area contributed by atoms with E-state index in [1.807, 2.05) is 13.0 Å². The fourth-order valence-corrected chi connectivity index (χ4v) is 3.04. The van der Waals surface area contributed by atoms with Crippen LogP contribution in [0.25, 0.3) is 0 Å². The Kier molecular flexibility index (Phi) is 3.87. The van der Waals surface area contributed by atoms with Gasteiger partial charge in [-0.05, 0) is 50.0 Å². The van der Waals surface area contributed by atoms with Crippen LogP contribution in [0.4, 0.5) is 5.69 Å². The Balaban J connectivity index is 2.18. The molecule has 0 heterocycles. The predicted molar refractivity (Wildman–Crippen MR) is 80.7 cm³/mol. The Labute approximate surface area is 120 Å². The van der Waals surface area contributed by atoms with Crippen molar-refractivity contribution in [2.75, 3.05) is 0 Å². The summed E-state index contributed by atoms with van der Waals surface area (Å²) in [4.78, 5) is 10.7. The molecule has 1 aromatic rings. The lowest BCUT2D eigenvalue weighted by Gasteiger charge is -2.41. The van der Waals surface area contributed by atoms with E-state index in [9.17, 15) is 10.1 Å². The smallest absolute Gasteiger partial charge is 0.272 e. The minimum absolute atomic E-state index is 0.197. The number of benzene rings is 1. The van der Waals surface area contributed by atoms with Gasteiger partial charge in [0.25, 0.3) is 5.69 Å². The van der Waals surface area contributed by atoms with Crippen molar-refractivity contribution in [1.29, 1.82) is 0 Å². The lowest BCUT2D eigenvalue weighted by Crippen LogP contribution is -2.47. The lowest BCUT2D eigenvalue weighted by molar-refractivity contribution is -0.385. The van der Waals surface area contributed by atoms with Crippen LogP contribution >= 0.6 is 0 Å². The summed E-state index contributed by atoms with van der Waals surface area (Å²) in [5.41, 5.74) is 8.67. The molecule has 4 nitrogen and oxygen atoms in total. The number of hydrogen-bond acceptors (Lipinski definition) is 3. The van der Waals surface area contributed by atoms with Crippen molar-refractivity contribution in [3.8, 4) is 0 Å². The molecule has 0 amide bonds. The zero-order valence-corrected chi connectivity index (χ0v) is 12.6. The number of nitrogens with two attached hydrogens (primary N) is 1. The van der Waals surface area contributed by atoms with Gasteiger partial charge in [-0.1, -0.05) is 26.0 Å². The van der Waals surface area contributed by atoms with Crippen LogP contribution in [0.1, 0.15) is 50.7 Å². The molecule has 1 fully saturated rings. The zero-order valence-electron chi connectivity index (χ0n) is 12.6. The molecule has 0 aliphatic heterocycles. The molecule has 1 saturated carbocycles. The molecule has 4 heteroatoms. The van der Waals surface area contributed by atoms with Gasteiger partial charge in [0.15, 0.2) is 0 Å². The Morgan fingerprint density at radius 3 is 2.40 bits per heavy atom. The Morgan fingerprint density at radius 1 is 1.25 bits per heavy atom.